The van der Waals surface area contributed by atoms with Crippen LogP contribution >= 0.6 is 12.6 Å². The van der Waals surface area contributed by atoms with Gasteiger partial charge in [-0.15, -0.1) is 0 Å². The van der Waals surface area contributed by atoms with Crippen LogP contribution in [0, 0.1) is 0 Å². The van der Waals surface area contributed by atoms with Gasteiger partial charge in [0.05, 0.1) is 13.2 Å². The molecule has 0 bridgehead atoms. The van der Waals surface area contributed by atoms with Crippen molar-refractivity contribution in [2.24, 2.45) is 0 Å². The SMILES string of the molecule is CC(=O)N[C@H]1[C@H](O[C@H]2[C@H](O)[C@H](OCCCCCCCCCS)O[C@@H](CO)[C@H]2O)O[C@H](CO)[C@@H](O)[C@@H]1OS(=O)(=O)O. The number of hydrogen-bond donors (Lipinski definition) is 8. The second-order valence-corrected chi connectivity index (χ2v) is 11.3. The van der Waals surface area contributed by atoms with Gasteiger partial charge in [0.2, 0.25) is 5.91 Å². The Bertz CT molecular complexity index is 851. The Morgan fingerprint density at radius 2 is 1.38 bits per heavy atom. The first-order valence-electron chi connectivity index (χ1n) is 13.3. The van der Waals surface area contributed by atoms with Crippen LogP contribution in [-0.2, 0) is 38.3 Å². The highest BCUT2D eigenvalue weighted by Crippen LogP contribution is 2.31. The molecule has 17 heteroatoms. The molecule has 7 N–H and O–H groups in total. The maximum Gasteiger partial charge on any atom is 0.397 e. The van der Waals surface area contributed by atoms with Crippen molar-refractivity contribution in [3.05, 3.63) is 0 Å². The molecular formula is C23H43NO14S2. The van der Waals surface area contributed by atoms with Crippen molar-refractivity contribution in [1.82, 2.24) is 5.32 Å². The summed E-state index contributed by atoms with van der Waals surface area (Å²) in [5, 5.41) is 53.8. The third-order valence-corrected chi connectivity index (χ3v) is 7.44. The van der Waals surface area contributed by atoms with E-state index in [1.54, 1.807) is 0 Å². The molecule has 2 fully saturated rings. The molecule has 2 rings (SSSR count). The Morgan fingerprint density at radius 3 is 1.90 bits per heavy atom. The van der Waals surface area contributed by atoms with Crippen LogP contribution in [-0.4, -0.2) is 131 Å². The third kappa shape index (κ3) is 10.9. The van der Waals surface area contributed by atoms with Gasteiger partial charge in [-0.2, -0.15) is 21.0 Å². The first kappa shape index (κ1) is 35.5. The number of ether oxygens (including phenoxy) is 4. The molecule has 2 aliphatic rings. The summed E-state index contributed by atoms with van der Waals surface area (Å²) in [6, 6.07) is -1.60. The van der Waals surface area contributed by atoms with Gasteiger partial charge in [0, 0.05) is 13.5 Å². The van der Waals surface area contributed by atoms with Crippen LogP contribution in [0.2, 0.25) is 0 Å². The Morgan fingerprint density at radius 1 is 0.850 bits per heavy atom. The average Bonchev–Trinajstić information content (AvgIpc) is 2.89. The Kier molecular flexibility index (Phi) is 15.5. The Balaban J connectivity index is 2.12. The number of carbonyl (C=O) groups excluding carboxylic acids is 1. The monoisotopic (exact) mass is 621 g/mol. The highest BCUT2D eigenvalue weighted by atomic mass is 32.3. The number of aliphatic hydroxyl groups excluding tert-OH is 5. The summed E-state index contributed by atoms with van der Waals surface area (Å²) >= 11 is 4.19. The minimum atomic E-state index is -5.16. The van der Waals surface area contributed by atoms with Crippen molar-refractivity contribution in [3.8, 4) is 0 Å². The van der Waals surface area contributed by atoms with Gasteiger partial charge in [-0.25, -0.2) is 4.18 Å². The van der Waals surface area contributed by atoms with E-state index < -0.39 is 90.9 Å². The molecule has 0 spiro atoms. The van der Waals surface area contributed by atoms with Crippen molar-refractivity contribution >= 4 is 28.9 Å². The van der Waals surface area contributed by atoms with Crippen molar-refractivity contribution in [2.75, 3.05) is 25.6 Å². The fourth-order valence-corrected chi connectivity index (χ4v) is 5.37. The molecular weight excluding hydrogens is 578 g/mol. The molecule has 0 saturated carbocycles. The second kappa shape index (κ2) is 17.4. The highest BCUT2D eigenvalue weighted by molar-refractivity contribution is 7.81. The van der Waals surface area contributed by atoms with E-state index in [1.807, 2.05) is 0 Å². The van der Waals surface area contributed by atoms with E-state index in [-0.39, 0.29) is 6.61 Å². The lowest BCUT2D eigenvalue weighted by Crippen LogP contribution is -2.68. The lowest BCUT2D eigenvalue weighted by molar-refractivity contribution is -0.346. The predicted octanol–water partition coefficient (Wildman–Crippen LogP) is -1.74. The topological polar surface area (TPSA) is 231 Å². The number of thiol groups is 1. The quantitative estimate of drug-likeness (QED) is 0.0512. The van der Waals surface area contributed by atoms with Gasteiger partial charge in [-0.1, -0.05) is 32.1 Å². The average molecular weight is 622 g/mol. The lowest BCUT2D eigenvalue weighted by Gasteiger charge is -2.47. The first-order valence-corrected chi connectivity index (χ1v) is 15.3. The fourth-order valence-electron chi connectivity index (χ4n) is 4.63. The van der Waals surface area contributed by atoms with E-state index >= 15 is 0 Å². The van der Waals surface area contributed by atoms with Gasteiger partial charge in [0.15, 0.2) is 12.6 Å². The van der Waals surface area contributed by atoms with Gasteiger partial charge < -0.3 is 49.8 Å². The summed E-state index contributed by atoms with van der Waals surface area (Å²) in [5.41, 5.74) is 0. The molecule has 1 amide bonds. The van der Waals surface area contributed by atoms with Crippen LogP contribution in [0.15, 0.2) is 0 Å². The van der Waals surface area contributed by atoms with Crippen LogP contribution in [0.3, 0.4) is 0 Å². The van der Waals surface area contributed by atoms with E-state index in [4.69, 9.17) is 18.9 Å². The van der Waals surface area contributed by atoms with Crippen molar-refractivity contribution in [2.45, 2.75) is 113 Å². The summed E-state index contributed by atoms with van der Waals surface area (Å²) in [7, 11) is -5.16. The van der Waals surface area contributed by atoms with E-state index in [0.717, 1.165) is 51.2 Å². The van der Waals surface area contributed by atoms with Crippen LogP contribution in [0.4, 0.5) is 0 Å². The molecule has 2 aliphatic heterocycles. The summed E-state index contributed by atoms with van der Waals surface area (Å²) in [6.07, 6.45) is -7.43. The van der Waals surface area contributed by atoms with Crippen LogP contribution in [0.25, 0.3) is 0 Å². The smallest absolute Gasteiger partial charge is 0.394 e. The van der Waals surface area contributed by atoms with Crippen LogP contribution in [0.1, 0.15) is 51.9 Å². The van der Waals surface area contributed by atoms with Crippen molar-refractivity contribution < 1.29 is 66.4 Å². The molecule has 0 unspecified atom stereocenters. The second-order valence-electron chi connectivity index (χ2n) is 9.81. The molecule has 0 aromatic carbocycles. The highest BCUT2D eigenvalue weighted by Gasteiger charge is 2.53. The number of amides is 1. The number of rotatable bonds is 17. The van der Waals surface area contributed by atoms with Gasteiger partial charge in [0.25, 0.3) is 0 Å². The molecule has 2 saturated heterocycles. The van der Waals surface area contributed by atoms with E-state index in [9.17, 15) is 43.3 Å². The molecule has 236 valence electrons. The van der Waals surface area contributed by atoms with Gasteiger partial charge >= 0.3 is 10.4 Å². The molecule has 0 aliphatic carbocycles. The number of aliphatic hydroxyl groups is 5. The normalized spacial score (nSPS) is 35.0. The summed E-state index contributed by atoms with van der Waals surface area (Å²) in [5.74, 6) is 0.139. The maximum atomic E-state index is 11.9. The minimum absolute atomic E-state index is 0.205. The zero-order valence-electron chi connectivity index (χ0n) is 22.4. The molecule has 15 nitrogen and oxygen atoms in total. The standard InChI is InChI=1S/C23H43NO14S2/c1-13(27)24-16-20(38-40(31,32)33)17(28)14(11-25)35-22(16)37-21-18(29)15(12-26)36-23(19(21)30)34-9-7-5-3-2-4-6-8-10-39/h14-23,25-26,28-30,39H,2-12H2,1H3,(H,24,27)(H,31,32,33)/t14-,15+,16-,17-,18-,19+,20-,21-,22+,23-/m1/s1. The van der Waals surface area contributed by atoms with E-state index in [1.165, 1.54) is 0 Å². The van der Waals surface area contributed by atoms with Gasteiger partial charge in [-0.3, -0.25) is 9.35 Å². The molecule has 40 heavy (non-hydrogen) atoms. The first-order chi connectivity index (χ1) is 18.9. The fraction of sp³-hybridized carbons (Fsp3) is 0.957. The van der Waals surface area contributed by atoms with Crippen molar-refractivity contribution in [1.29, 1.82) is 0 Å². The third-order valence-electron chi connectivity index (χ3n) is 6.65. The van der Waals surface area contributed by atoms with Crippen LogP contribution < -0.4 is 5.32 Å². The molecule has 0 radical (unpaired) electrons. The number of unbranched alkanes of at least 4 members (excludes halogenated alkanes) is 6. The number of carbonyl (C=O) groups is 1. The summed E-state index contributed by atoms with van der Waals surface area (Å²) < 4.78 is 59.1. The summed E-state index contributed by atoms with van der Waals surface area (Å²) in [4.78, 5) is 11.9. The van der Waals surface area contributed by atoms with Gasteiger partial charge in [0.1, 0.15) is 48.8 Å². The molecule has 2 heterocycles. The largest absolute Gasteiger partial charge is 0.397 e. The Hall–Kier alpha value is -0.670. The zero-order chi connectivity index (χ0) is 29.9. The van der Waals surface area contributed by atoms with Crippen LogP contribution in [0.5, 0.6) is 0 Å². The molecule has 0 aromatic rings. The number of hydrogen-bond acceptors (Lipinski definition) is 14. The predicted molar refractivity (Wildman–Crippen MR) is 141 cm³/mol. The summed E-state index contributed by atoms with van der Waals surface area (Å²) in [6.45, 7) is -0.250. The van der Waals surface area contributed by atoms with Crippen molar-refractivity contribution in [3.63, 3.8) is 0 Å². The molecule has 0 aromatic heterocycles. The van der Waals surface area contributed by atoms with E-state index in [0.29, 0.717) is 6.42 Å². The maximum absolute atomic E-state index is 11.9. The molecule has 10 atom stereocenters. The lowest BCUT2D eigenvalue weighted by atomic mass is 9.95. The number of nitrogens with one attached hydrogen (secondary N) is 1. The minimum Gasteiger partial charge on any atom is -0.394 e. The zero-order valence-corrected chi connectivity index (χ0v) is 24.1. The van der Waals surface area contributed by atoms with Gasteiger partial charge in [-0.05, 0) is 18.6 Å². The Labute approximate surface area is 239 Å². The van der Waals surface area contributed by atoms with E-state index in [2.05, 4.69) is 22.1 Å².